The number of rotatable bonds is 8. The Kier molecular flexibility index (Phi) is 6.35. The Hall–Kier alpha value is -2.53. The summed E-state index contributed by atoms with van der Waals surface area (Å²) in [6.07, 6.45) is 1.80. The predicted molar refractivity (Wildman–Crippen MR) is 107 cm³/mol. The lowest BCUT2D eigenvalue weighted by molar-refractivity contribution is -0.117. The standard InChI is InChI=1S/C22H28N2O3/c1-4-17-8-7-9-18(5-2)22(17)23-21(25)14-24(6-3)13-16-10-11-19-20(12-16)27-15-26-19/h7-12H,4-6,13-15H2,1-3H3,(H,23,25). The van der Waals surface area contributed by atoms with Crippen LogP contribution < -0.4 is 14.8 Å². The lowest BCUT2D eigenvalue weighted by Gasteiger charge is -2.21. The number of fused-ring (bicyclic) bond motifs is 1. The number of para-hydroxylation sites is 1. The Labute approximate surface area is 161 Å². The number of carbonyl (C=O) groups is 1. The summed E-state index contributed by atoms with van der Waals surface area (Å²) in [5.74, 6) is 1.58. The van der Waals surface area contributed by atoms with Gasteiger partial charge in [-0.15, -0.1) is 0 Å². The number of carbonyl (C=O) groups excluding carboxylic acids is 1. The Morgan fingerprint density at radius 1 is 1.04 bits per heavy atom. The fourth-order valence-electron chi connectivity index (χ4n) is 3.36. The Balaban J connectivity index is 1.65. The van der Waals surface area contributed by atoms with Crippen LogP contribution in [0.4, 0.5) is 5.69 Å². The number of aryl methyl sites for hydroxylation is 2. The lowest BCUT2D eigenvalue weighted by Crippen LogP contribution is -2.33. The third-order valence-electron chi connectivity index (χ3n) is 4.92. The maximum atomic E-state index is 12.7. The highest BCUT2D eigenvalue weighted by Gasteiger charge is 2.16. The molecule has 0 aromatic heterocycles. The number of likely N-dealkylation sites (N-methyl/N-ethyl adjacent to an activating group) is 1. The minimum Gasteiger partial charge on any atom is -0.454 e. The van der Waals surface area contributed by atoms with Gasteiger partial charge in [0.1, 0.15) is 0 Å². The second-order valence-corrected chi connectivity index (χ2v) is 6.70. The van der Waals surface area contributed by atoms with E-state index < -0.39 is 0 Å². The number of anilines is 1. The van der Waals surface area contributed by atoms with Gasteiger partial charge in [0.05, 0.1) is 6.54 Å². The van der Waals surface area contributed by atoms with Gasteiger partial charge in [-0.1, -0.05) is 45.0 Å². The zero-order chi connectivity index (χ0) is 19.2. The molecule has 3 rings (SSSR count). The van der Waals surface area contributed by atoms with Gasteiger partial charge in [-0.05, 0) is 48.2 Å². The summed E-state index contributed by atoms with van der Waals surface area (Å²) >= 11 is 0. The fourth-order valence-corrected chi connectivity index (χ4v) is 3.36. The van der Waals surface area contributed by atoms with Crippen molar-refractivity contribution in [3.8, 4) is 11.5 Å². The molecule has 0 unspecified atom stereocenters. The van der Waals surface area contributed by atoms with Crippen LogP contribution in [0.15, 0.2) is 36.4 Å². The number of hydrogen-bond donors (Lipinski definition) is 1. The van der Waals surface area contributed by atoms with E-state index in [1.807, 2.05) is 18.2 Å². The first-order chi connectivity index (χ1) is 13.1. The zero-order valence-electron chi connectivity index (χ0n) is 16.4. The molecule has 2 aromatic rings. The quantitative estimate of drug-likeness (QED) is 0.765. The molecule has 2 aromatic carbocycles. The van der Waals surface area contributed by atoms with Crippen LogP contribution in [0.2, 0.25) is 0 Å². The number of amides is 1. The molecule has 1 aliphatic heterocycles. The van der Waals surface area contributed by atoms with Crippen LogP contribution in [0.5, 0.6) is 11.5 Å². The molecule has 5 nitrogen and oxygen atoms in total. The van der Waals surface area contributed by atoms with E-state index in [2.05, 4.69) is 49.2 Å². The molecular weight excluding hydrogens is 340 g/mol. The van der Waals surface area contributed by atoms with Gasteiger partial charge in [0.2, 0.25) is 12.7 Å². The largest absolute Gasteiger partial charge is 0.454 e. The molecule has 1 aliphatic rings. The van der Waals surface area contributed by atoms with E-state index in [1.165, 1.54) is 11.1 Å². The average molecular weight is 368 g/mol. The minimum absolute atomic E-state index is 0.0215. The Morgan fingerprint density at radius 3 is 2.41 bits per heavy atom. The third-order valence-corrected chi connectivity index (χ3v) is 4.92. The van der Waals surface area contributed by atoms with E-state index in [-0.39, 0.29) is 12.7 Å². The van der Waals surface area contributed by atoms with Crippen LogP contribution in [0.3, 0.4) is 0 Å². The van der Waals surface area contributed by atoms with Crippen LogP contribution in [0.1, 0.15) is 37.5 Å². The topological polar surface area (TPSA) is 50.8 Å². The number of nitrogens with zero attached hydrogens (tertiary/aromatic N) is 1. The SMILES string of the molecule is CCc1cccc(CC)c1NC(=O)CN(CC)Cc1ccc2c(c1)OCO2. The Morgan fingerprint density at radius 2 is 1.74 bits per heavy atom. The van der Waals surface area contributed by atoms with E-state index in [1.54, 1.807) is 0 Å². The highest BCUT2D eigenvalue weighted by atomic mass is 16.7. The molecule has 0 bridgehead atoms. The maximum absolute atomic E-state index is 12.7. The molecule has 27 heavy (non-hydrogen) atoms. The summed E-state index contributed by atoms with van der Waals surface area (Å²) < 4.78 is 10.8. The van der Waals surface area contributed by atoms with Crippen molar-refractivity contribution < 1.29 is 14.3 Å². The van der Waals surface area contributed by atoms with Crippen molar-refractivity contribution in [3.05, 3.63) is 53.1 Å². The second kappa shape index (κ2) is 8.91. The summed E-state index contributed by atoms with van der Waals surface area (Å²) in [6, 6.07) is 12.2. The van der Waals surface area contributed by atoms with Gasteiger partial charge < -0.3 is 14.8 Å². The first-order valence-electron chi connectivity index (χ1n) is 9.66. The van der Waals surface area contributed by atoms with Crippen molar-refractivity contribution in [1.29, 1.82) is 0 Å². The van der Waals surface area contributed by atoms with E-state index in [4.69, 9.17) is 9.47 Å². The smallest absolute Gasteiger partial charge is 0.238 e. The number of ether oxygens (including phenoxy) is 2. The molecular formula is C22H28N2O3. The first kappa shape index (κ1) is 19.2. The van der Waals surface area contributed by atoms with Crippen molar-refractivity contribution in [1.82, 2.24) is 4.90 Å². The highest BCUT2D eigenvalue weighted by Crippen LogP contribution is 2.32. The molecule has 0 saturated carbocycles. The van der Waals surface area contributed by atoms with Crippen molar-refractivity contribution in [2.24, 2.45) is 0 Å². The van der Waals surface area contributed by atoms with Gasteiger partial charge >= 0.3 is 0 Å². The second-order valence-electron chi connectivity index (χ2n) is 6.70. The monoisotopic (exact) mass is 368 g/mol. The van der Waals surface area contributed by atoms with Crippen LogP contribution >= 0.6 is 0 Å². The molecule has 0 aliphatic carbocycles. The van der Waals surface area contributed by atoms with Crippen LogP contribution in [-0.2, 0) is 24.2 Å². The van der Waals surface area contributed by atoms with Crippen LogP contribution in [-0.4, -0.2) is 30.7 Å². The molecule has 0 spiro atoms. The molecule has 1 amide bonds. The molecule has 144 valence electrons. The fraction of sp³-hybridized carbons (Fsp3) is 0.409. The third kappa shape index (κ3) is 4.61. The molecule has 0 saturated heterocycles. The molecule has 0 atom stereocenters. The number of nitrogens with one attached hydrogen (secondary N) is 1. The molecule has 0 fully saturated rings. The molecule has 1 heterocycles. The van der Waals surface area contributed by atoms with E-state index in [0.29, 0.717) is 13.1 Å². The molecule has 0 radical (unpaired) electrons. The first-order valence-corrected chi connectivity index (χ1v) is 9.66. The van der Waals surface area contributed by atoms with Gasteiger partial charge in [-0.3, -0.25) is 9.69 Å². The number of benzene rings is 2. The summed E-state index contributed by atoms with van der Waals surface area (Å²) in [4.78, 5) is 14.8. The maximum Gasteiger partial charge on any atom is 0.238 e. The molecule has 1 N–H and O–H groups in total. The van der Waals surface area contributed by atoms with Crippen molar-refractivity contribution in [3.63, 3.8) is 0 Å². The van der Waals surface area contributed by atoms with Gasteiger partial charge in [-0.2, -0.15) is 0 Å². The minimum atomic E-state index is 0.0215. The zero-order valence-corrected chi connectivity index (χ0v) is 16.4. The van der Waals surface area contributed by atoms with Gasteiger partial charge in [0, 0.05) is 12.2 Å². The predicted octanol–water partition coefficient (Wildman–Crippen LogP) is 4.00. The van der Waals surface area contributed by atoms with Gasteiger partial charge in [-0.25, -0.2) is 0 Å². The van der Waals surface area contributed by atoms with Crippen LogP contribution in [0, 0.1) is 0 Å². The summed E-state index contributed by atoms with van der Waals surface area (Å²) in [5.41, 5.74) is 4.45. The van der Waals surface area contributed by atoms with Crippen molar-refractivity contribution in [2.45, 2.75) is 40.2 Å². The summed E-state index contributed by atoms with van der Waals surface area (Å²) in [5, 5.41) is 3.15. The summed E-state index contributed by atoms with van der Waals surface area (Å²) in [6.45, 7) is 8.40. The van der Waals surface area contributed by atoms with Crippen molar-refractivity contribution in [2.75, 3.05) is 25.2 Å². The highest BCUT2D eigenvalue weighted by molar-refractivity contribution is 5.93. The van der Waals surface area contributed by atoms with Crippen LogP contribution in [0.25, 0.3) is 0 Å². The average Bonchev–Trinajstić information content (AvgIpc) is 3.15. The molecule has 5 heteroatoms. The van der Waals surface area contributed by atoms with Gasteiger partial charge in [0.15, 0.2) is 11.5 Å². The Bertz CT molecular complexity index is 782. The van der Waals surface area contributed by atoms with Gasteiger partial charge in [0.25, 0.3) is 0 Å². The summed E-state index contributed by atoms with van der Waals surface area (Å²) in [7, 11) is 0. The number of hydrogen-bond acceptors (Lipinski definition) is 4. The van der Waals surface area contributed by atoms with Crippen molar-refractivity contribution >= 4 is 11.6 Å². The van der Waals surface area contributed by atoms with E-state index in [0.717, 1.165) is 42.1 Å². The van der Waals surface area contributed by atoms with E-state index in [9.17, 15) is 4.79 Å². The normalized spacial score (nSPS) is 12.4. The van der Waals surface area contributed by atoms with E-state index >= 15 is 0 Å². The lowest BCUT2D eigenvalue weighted by atomic mass is 10.0.